The summed E-state index contributed by atoms with van der Waals surface area (Å²) in [6, 6.07) is 0.947. The molecule has 1 fully saturated rings. The first-order chi connectivity index (χ1) is 10.5. The standard InChI is InChI=1S/C14H18N4O3S/c1-14(21)8-17(6-10-7-22-9-15-10)4-2-11(14)18-5-3-12(19)16-13(18)20/h3,5,7,9,11,21H,2,4,6,8H2,1H3,(H,16,19,20)/t11-,14-/m1/s1. The van der Waals surface area contributed by atoms with Crippen LogP contribution >= 0.6 is 11.3 Å². The average Bonchev–Trinajstić information content (AvgIpc) is 2.92. The first kappa shape index (κ1) is 15.1. The first-order valence-corrected chi connectivity index (χ1v) is 8.03. The van der Waals surface area contributed by atoms with Crippen molar-refractivity contribution in [3.05, 3.63) is 49.7 Å². The Morgan fingerprint density at radius 1 is 1.55 bits per heavy atom. The van der Waals surface area contributed by atoms with Crippen LogP contribution in [0.4, 0.5) is 0 Å². The second-order valence-electron chi connectivity index (χ2n) is 5.87. The molecule has 2 aromatic rings. The number of nitrogens with one attached hydrogen (secondary N) is 1. The van der Waals surface area contributed by atoms with Crippen LogP contribution in [0.5, 0.6) is 0 Å². The van der Waals surface area contributed by atoms with Gasteiger partial charge in [0.05, 0.1) is 22.8 Å². The zero-order valence-corrected chi connectivity index (χ0v) is 13.0. The molecule has 2 atom stereocenters. The van der Waals surface area contributed by atoms with Crippen LogP contribution in [0, 0.1) is 0 Å². The summed E-state index contributed by atoms with van der Waals surface area (Å²) in [5.74, 6) is 0. The van der Waals surface area contributed by atoms with Gasteiger partial charge in [-0.25, -0.2) is 9.78 Å². The number of thiazole rings is 1. The monoisotopic (exact) mass is 322 g/mol. The smallest absolute Gasteiger partial charge is 0.328 e. The molecule has 0 aromatic carbocycles. The van der Waals surface area contributed by atoms with Gasteiger partial charge in [0.2, 0.25) is 0 Å². The zero-order chi connectivity index (χ0) is 15.7. The number of β-amino-alcohol motifs (C(OH)–C–C–N with tert-alkyl or cyclic N) is 1. The third-order valence-electron chi connectivity index (χ3n) is 4.04. The van der Waals surface area contributed by atoms with E-state index in [1.165, 1.54) is 16.8 Å². The molecule has 0 unspecified atom stereocenters. The van der Waals surface area contributed by atoms with Gasteiger partial charge in [-0.05, 0) is 13.3 Å². The largest absolute Gasteiger partial charge is 0.387 e. The van der Waals surface area contributed by atoms with E-state index >= 15 is 0 Å². The van der Waals surface area contributed by atoms with Crippen molar-refractivity contribution < 1.29 is 5.11 Å². The van der Waals surface area contributed by atoms with Crippen molar-refractivity contribution in [2.75, 3.05) is 13.1 Å². The zero-order valence-electron chi connectivity index (χ0n) is 12.2. The van der Waals surface area contributed by atoms with E-state index in [1.54, 1.807) is 23.8 Å². The van der Waals surface area contributed by atoms with Crippen LogP contribution < -0.4 is 11.2 Å². The molecule has 1 aliphatic heterocycles. The number of hydrogen-bond donors (Lipinski definition) is 2. The second-order valence-corrected chi connectivity index (χ2v) is 6.59. The minimum absolute atomic E-state index is 0.358. The van der Waals surface area contributed by atoms with Gasteiger partial charge in [0, 0.05) is 37.3 Å². The molecular formula is C14H18N4O3S. The quantitative estimate of drug-likeness (QED) is 0.842. The molecule has 0 spiro atoms. The van der Waals surface area contributed by atoms with E-state index in [-0.39, 0.29) is 6.04 Å². The molecule has 0 aliphatic carbocycles. The highest BCUT2D eigenvalue weighted by atomic mass is 32.1. The number of likely N-dealkylation sites (tertiary alicyclic amines) is 1. The van der Waals surface area contributed by atoms with Crippen molar-refractivity contribution in [3.8, 4) is 0 Å². The Kier molecular flexibility index (Phi) is 3.98. The Hall–Kier alpha value is -1.77. The Morgan fingerprint density at radius 3 is 3.00 bits per heavy atom. The second kappa shape index (κ2) is 5.79. The fraction of sp³-hybridized carbons (Fsp3) is 0.500. The predicted molar refractivity (Wildman–Crippen MR) is 83.0 cm³/mol. The summed E-state index contributed by atoms with van der Waals surface area (Å²) in [7, 11) is 0. The van der Waals surface area contributed by atoms with E-state index in [0.717, 1.165) is 12.2 Å². The van der Waals surface area contributed by atoms with E-state index in [9.17, 15) is 14.7 Å². The number of rotatable bonds is 3. The van der Waals surface area contributed by atoms with Gasteiger partial charge in [-0.3, -0.25) is 19.2 Å². The van der Waals surface area contributed by atoms with Gasteiger partial charge in [0.25, 0.3) is 5.56 Å². The molecule has 3 rings (SSSR count). The van der Waals surface area contributed by atoms with Crippen molar-refractivity contribution in [2.24, 2.45) is 0 Å². The molecule has 0 amide bonds. The number of aliphatic hydroxyl groups is 1. The summed E-state index contributed by atoms with van der Waals surface area (Å²) in [6.45, 7) is 3.61. The van der Waals surface area contributed by atoms with Crippen LogP contribution in [0.2, 0.25) is 0 Å². The van der Waals surface area contributed by atoms with E-state index < -0.39 is 16.9 Å². The van der Waals surface area contributed by atoms with Crippen molar-refractivity contribution in [3.63, 3.8) is 0 Å². The van der Waals surface area contributed by atoms with Gasteiger partial charge >= 0.3 is 5.69 Å². The van der Waals surface area contributed by atoms with E-state index in [4.69, 9.17) is 0 Å². The molecule has 0 saturated carbocycles. The van der Waals surface area contributed by atoms with Gasteiger partial charge in [-0.1, -0.05) is 0 Å². The predicted octanol–water partition coefficient (Wildman–Crippen LogP) is 0.191. The fourth-order valence-electron chi connectivity index (χ4n) is 3.04. The maximum absolute atomic E-state index is 11.9. The van der Waals surface area contributed by atoms with Crippen LogP contribution in [0.25, 0.3) is 0 Å². The number of piperidine rings is 1. The highest BCUT2D eigenvalue weighted by Gasteiger charge is 2.39. The van der Waals surface area contributed by atoms with E-state index in [1.807, 2.05) is 5.38 Å². The van der Waals surface area contributed by atoms with Crippen molar-refractivity contribution >= 4 is 11.3 Å². The van der Waals surface area contributed by atoms with Crippen LogP contribution in [0.15, 0.2) is 32.7 Å². The number of nitrogens with zero attached hydrogens (tertiary/aromatic N) is 3. The molecule has 0 bridgehead atoms. The van der Waals surface area contributed by atoms with Gasteiger partial charge in [-0.15, -0.1) is 11.3 Å². The summed E-state index contributed by atoms with van der Waals surface area (Å²) in [5.41, 5.74) is 0.809. The SMILES string of the molecule is C[C@@]1(O)CN(Cc2cscn2)CC[C@H]1n1ccc(=O)[nH]c1=O. The lowest BCUT2D eigenvalue weighted by Crippen LogP contribution is -2.54. The summed E-state index contributed by atoms with van der Waals surface area (Å²) in [6.07, 6.45) is 2.08. The minimum atomic E-state index is -1.06. The molecule has 2 aromatic heterocycles. The molecule has 118 valence electrons. The molecule has 3 heterocycles. The molecule has 0 radical (unpaired) electrons. The first-order valence-electron chi connectivity index (χ1n) is 7.09. The topological polar surface area (TPSA) is 91.2 Å². The lowest BCUT2D eigenvalue weighted by Gasteiger charge is -2.43. The van der Waals surface area contributed by atoms with E-state index in [0.29, 0.717) is 19.5 Å². The summed E-state index contributed by atoms with van der Waals surface area (Å²) in [4.78, 5) is 31.7. The molecule has 1 saturated heterocycles. The maximum Gasteiger partial charge on any atom is 0.328 e. The molecule has 22 heavy (non-hydrogen) atoms. The third-order valence-corrected chi connectivity index (χ3v) is 4.67. The lowest BCUT2D eigenvalue weighted by molar-refractivity contribution is -0.0605. The van der Waals surface area contributed by atoms with Gasteiger partial charge in [0.15, 0.2) is 0 Å². The van der Waals surface area contributed by atoms with Crippen molar-refractivity contribution in [1.29, 1.82) is 0 Å². The summed E-state index contributed by atoms with van der Waals surface area (Å²) >= 11 is 1.55. The Bertz CT molecular complexity index is 750. The number of aromatic amines is 1. The third kappa shape index (κ3) is 3.03. The minimum Gasteiger partial charge on any atom is -0.387 e. The van der Waals surface area contributed by atoms with E-state index in [2.05, 4.69) is 14.9 Å². The number of aromatic nitrogens is 3. The number of hydrogen-bond acceptors (Lipinski definition) is 6. The average molecular weight is 322 g/mol. The Morgan fingerprint density at radius 2 is 2.36 bits per heavy atom. The van der Waals surface area contributed by atoms with Crippen molar-refractivity contribution in [2.45, 2.75) is 31.5 Å². The van der Waals surface area contributed by atoms with Crippen LogP contribution in [-0.4, -0.2) is 43.2 Å². The summed E-state index contributed by atoms with van der Waals surface area (Å²) < 4.78 is 1.42. The summed E-state index contributed by atoms with van der Waals surface area (Å²) in [5, 5.41) is 12.8. The Labute approximate surface area is 130 Å². The normalized spacial score (nSPS) is 26.2. The van der Waals surface area contributed by atoms with Crippen LogP contribution in [0.1, 0.15) is 25.1 Å². The lowest BCUT2D eigenvalue weighted by atomic mass is 9.88. The molecule has 8 heteroatoms. The highest BCUT2D eigenvalue weighted by molar-refractivity contribution is 7.07. The van der Waals surface area contributed by atoms with Gasteiger partial charge in [0.1, 0.15) is 0 Å². The van der Waals surface area contributed by atoms with Crippen LogP contribution in [-0.2, 0) is 6.54 Å². The molecular weight excluding hydrogens is 304 g/mol. The highest BCUT2D eigenvalue weighted by Crippen LogP contribution is 2.31. The molecule has 1 aliphatic rings. The molecule has 7 nitrogen and oxygen atoms in total. The fourth-order valence-corrected chi connectivity index (χ4v) is 3.59. The molecule has 2 N–H and O–H groups in total. The Balaban J connectivity index is 1.79. The van der Waals surface area contributed by atoms with Crippen LogP contribution in [0.3, 0.4) is 0 Å². The number of H-pyrrole nitrogens is 1. The van der Waals surface area contributed by atoms with Crippen molar-refractivity contribution in [1.82, 2.24) is 19.4 Å². The maximum atomic E-state index is 11.9. The van der Waals surface area contributed by atoms with Gasteiger partial charge < -0.3 is 5.11 Å². The van der Waals surface area contributed by atoms with Gasteiger partial charge in [-0.2, -0.15) is 0 Å².